The Morgan fingerprint density at radius 1 is 1.43 bits per heavy atom. The van der Waals surface area contributed by atoms with Crippen molar-refractivity contribution >= 4 is 5.91 Å². The first-order valence-electron chi connectivity index (χ1n) is 5.33. The van der Waals surface area contributed by atoms with E-state index < -0.39 is 0 Å². The zero-order valence-corrected chi connectivity index (χ0v) is 9.18. The van der Waals surface area contributed by atoms with Gasteiger partial charge >= 0.3 is 0 Å². The minimum Gasteiger partial charge on any atom is -0.356 e. The highest BCUT2D eigenvalue weighted by Crippen LogP contribution is 2.01. The summed E-state index contributed by atoms with van der Waals surface area (Å²) in [6.07, 6.45) is 2.22. The third-order valence-electron chi connectivity index (χ3n) is 2.48. The van der Waals surface area contributed by atoms with E-state index in [1.807, 2.05) is 0 Å². The molecular weight excluding hydrogens is 178 g/mol. The predicted molar refractivity (Wildman–Crippen MR) is 57.2 cm³/mol. The van der Waals surface area contributed by atoms with Gasteiger partial charge in [-0.15, -0.1) is 0 Å². The van der Waals surface area contributed by atoms with Gasteiger partial charge in [0, 0.05) is 19.6 Å². The maximum Gasteiger partial charge on any atom is 0.225 e. The number of hydrogen-bond acceptors (Lipinski definition) is 3. The average Bonchev–Trinajstić information content (AvgIpc) is 1.99. The molecule has 0 bridgehead atoms. The lowest BCUT2D eigenvalue weighted by Gasteiger charge is -2.25. The molecule has 0 spiro atoms. The van der Waals surface area contributed by atoms with Crippen molar-refractivity contribution in [1.82, 2.24) is 15.5 Å². The minimum absolute atomic E-state index is 0.216. The summed E-state index contributed by atoms with van der Waals surface area (Å²) < 4.78 is 0. The van der Waals surface area contributed by atoms with Crippen LogP contribution in [0.25, 0.3) is 0 Å². The van der Waals surface area contributed by atoms with Gasteiger partial charge in [-0.3, -0.25) is 4.79 Å². The van der Waals surface area contributed by atoms with Crippen LogP contribution in [0, 0.1) is 5.92 Å². The van der Waals surface area contributed by atoms with Gasteiger partial charge in [0.05, 0.1) is 5.92 Å². The molecule has 0 radical (unpaired) electrons. The molecule has 0 aromatic carbocycles. The highest BCUT2D eigenvalue weighted by atomic mass is 16.2. The molecule has 0 aliphatic carbocycles. The lowest BCUT2D eigenvalue weighted by Crippen LogP contribution is -2.50. The fourth-order valence-corrected chi connectivity index (χ4v) is 1.38. The van der Waals surface area contributed by atoms with Crippen molar-refractivity contribution in [3.8, 4) is 0 Å². The van der Waals surface area contributed by atoms with Gasteiger partial charge < -0.3 is 15.5 Å². The van der Waals surface area contributed by atoms with Crippen LogP contribution in [0.3, 0.4) is 0 Å². The molecule has 1 amide bonds. The third kappa shape index (κ3) is 4.07. The van der Waals surface area contributed by atoms with Crippen molar-refractivity contribution in [2.75, 3.05) is 40.3 Å². The zero-order valence-electron chi connectivity index (χ0n) is 9.18. The van der Waals surface area contributed by atoms with Crippen LogP contribution in [-0.4, -0.2) is 51.1 Å². The molecule has 82 valence electrons. The number of nitrogens with one attached hydrogen (secondary N) is 2. The van der Waals surface area contributed by atoms with Crippen LogP contribution in [0.5, 0.6) is 0 Å². The molecule has 0 saturated carbocycles. The SMILES string of the molecule is CN(C)CCCCNC(=O)C1CNC1. The lowest BCUT2D eigenvalue weighted by molar-refractivity contribution is -0.126. The molecule has 14 heavy (non-hydrogen) atoms. The molecule has 1 rings (SSSR count). The molecule has 2 N–H and O–H groups in total. The molecule has 1 heterocycles. The third-order valence-corrected chi connectivity index (χ3v) is 2.48. The van der Waals surface area contributed by atoms with E-state index in [2.05, 4.69) is 29.6 Å². The summed E-state index contributed by atoms with van der Waals surface area (Å²) in [5.41, 5.74) is 0. The minimum atomic E-state index is 0.216. The summed E-state index contributed by atoms with van der Waals surface area (Å²) in [6, 6.07) is 0. The van der Waals surface area contributed by atoms with E-state index in [-0.39, 0.29) is 11.8 Å². The molecule has 0 aromatic heterocycles. The first kappa shape index (κ1) is 11.5. The summed E-state index contributed by atoms with van der Waals surface area (Å²) in [5, 5.41) is 6.05. The second-order valence-corrected chi connectivity index (χ2v) is 4.16. The van der Waals surface area contributed by atoms with Gasteiger partial charge in [-0.1, -0.05) is 0 Å². The van der Waals surface area contributed by atoms with Gasteiger partial charge in [-0.25, -0.2) is 0 Å². The van der Waals surface area contributed by atoms with E-state index in [1.165, 1.54) is 0 Å². The van der Waals surface area contributed by atoms with Crippen molar-refractivity contribution < 1.29 is 4.79 Å². The monoisotopic (exact) mass is 199 g/mol. The Labute approximate surface area is 86.0 Å². The molecule has 1 saturated heterocycles. The maximum absolute atomic E-state index is 11.4. The Morgan fingerprint density at radius 2 is 2.14 bits per heavy atom. The fourth-order valence-electron chi connectivity index (χ4n) is 1.38. The molecule has 0 unspecified atom stereocenters. The average molecular weight is 199 g/mol. The number of unbranched alkanes of at least 4 members (excludes halogenated alkanes) is 1. The van der Waals surface area contributed by atoms with Gasteiger partial charge in [0.1, 0.15) is 0 Å². The number of amides is 1. The normalized spacial score (nSPS) is 16.8. The van der Waals surface area contributed by atoms with Gasteiger partial charge in [-0.05, 0) is 33.5 Å². The van der Waals surface area contributed by atoms with E-state index >= 15 is 0 Å². The van der Waals surface area contributed by atoms with Crippen molar-refractivity contribution in [3.05, 3.63) is 0 Å². The summed E-state index contributed by atoms with van der Waals surface area (Å²) in [7, 11) is 4.14. The first-order valence-corrected chi connectivity index (χ1v) is 5.33. The Hall–Kier alpha value is -0.610. The van der Waals surface area contributed by atoms with Crippen molar-refractivity contribution in [1.29, 1.82) is 0 Å². The Bertz CT molecular complexity index is 178. The van der Waals surface area contributed by atoms with Gasteiger partial charge in [0.25, 0.3) is 0 Å². The molecule has 4 nitrogen and oxygen atoms in total. The predicted octanol–water partition coefficient (Wildman–Crippen LogP) is -0.336. The summed E-state index contributed by atoms with van der Waals surface area (Å²) >= 11 is 0. The van der Waals surface area contributed by atoms with E-state index in [0.29, 0.717) is 0 Å². The largest absolute Gasteiger partial charge is 0.356 e. The van der Waals surface area contributed by atoms with E-state index in [9.17, 15) is 4.79 Å². The highest BCUT2D eigenvalue weighted by Gasteiger charge is 2.23. The van der Waals surface area contributed by atoms with Crippen molar-refractivity contribution in [2.45, 2.75) is 12.8 Å². The zero-order chi connectivity index (χ0) is 10.4. The standard InChI is InChI=1S/C10H21N3O/c1-13(2)6-4-3-5-12-10(14)9-7-11-8-9/h9,11H,3-8H2,1-2H3,(H,12,14). The summed E-state index contributed by atoms with van der Waals surface area (Å²) in [4.78, 5) is 13.5. The van der Waals surface area contributed by atoms with Gasteiger partial charge in [-0.2, -0.15) is 0 Å². The van der Waals surface area contributed by atoms with Crippen LogP contribution >= 0.6 is 0 Å². The Morgan fingerprint density at radius 3 is 2.64 bits per heavy atom. The number of carbonyl (C=O) groups excluding carboxylic acids is 1. The van der Waals surface area contributed by atoms with E-state index in [0.717, 1.165) is 39.0 Å². The van der Waals surface area contributed by atoms with E-state index in [1.54, 1.807) is 0 Å². The van der Waals surface area contributed by atoms with Gasteiger partial charge in [0.2, 0.25) is 5.91 Å². The van der Waals surface area contributed by atoms with Crippen LogP contribution < -0.4 is 10.6 Å². The maximum atomic E-state index is 11.4. The Kier molecular flexibility index (Phi) is 4.90. The number of carbonyl (C=O) groups is 1. The molecule has 4 heteroatoms. The molecule has 1 aliphatic heterocycles. The van der Waals surface area contributed by atoms with Crippen molar-refractivity contribution in [3.63, 3.8) is 0 Å². The molecule has 0 atom stereocenters. The van der Waals surface area contributed by atoms with Gasteiger partial charge in [0.15, 0.2) is 0 Å². The molecule has 1 aliphatic rings. The smallest absolute Gasteiger partial charge is 0.225 e. The van der Waals surface area contributed by atoms with Crippen LogP contribution in [-0.2, 0) is 4.79 Å². The molecule has 1 fully saturated rings. The molecule has 0 aromatic rings. The quantitative estimate of drug-likeness (QED) is 0.575. The Balaban J connectivity index is 1.90. The summed E-state index contributed by atoms with van der Waals surface area (Å²) in [6.45, 7) is 3.62. The number of hydrogen-bond donors (Lipinski definition) is 2. The van der Waals surface area contributed by atoms with Crippen LogP contribution in [0.1, 0.15) is 12.8 Å². The second kappa shape index (κ2) is 5.98. The van der Waals surface area contributed by atoms with Crippen LogP contribution in [0.2, 0.25) is 0 Å². The van der Waals surface area contributed by atoms with Crippen LogP contribution in [0.4, 0.5) is 0 Å². The van der Waals surface area contributed by atoms with Crippen LogP contribution in [0.15, 0.2) is 0 Å². The fraction of sp³-hybridized carbons (Fsp3) is 0.900. The topological polar surface area (TPSA) is 44.4 Å². The second-order valence-electron chi connectivity index (χ2n) is 4.16. The summed E-state index contributed by atoms with van der Waals surface area (Å²) in [5.74, 6) is 0.442. The number of nitrogens with zero attached hydrogens (tertiary/aromatic N) is 1. The van der Waals surface area contributed by atoms with Crippen molar-refractivity contribution in [2.24, 2.45) is 5.92 Å². The molecular formula is C10H21N3O. The van der Waals surface area contributed by atoms with E-state index in [4.69, 9.17) is 0 Å². The highest BCUT2D eigenvalue weighted by molar-refractivity contribution is 5.79. The lowest BCUT2D eigenvalue weighted by atomic mass is 10.0. The first-order chi connectivity index (χ1) is 6.70. The number of rotatable bonds is 6.